The van der Waals surface area contributed by atoms with E-state index in [1.54, 1.807) is 0 Å². The molecule has 0 aromatic heterocycles. The van der Waals surface area contributed by atoms with Crippen LogP contribution >= 0.6 is 0 Å². The van der Waals surface area contributed by atoms with Gasteiger partial charge in [-0.2, -0.15) is 0 Å². The number of anilines is 1. The van der Waals surface area contributed by atoms with Crippen molar-refractivity contribution in [3.63, 3.8) is 0 Å². The highest BCUT2D eigenvalue weighted by Crippen LogP contribution is 2.34. The quantitative estimate of drug-likeness (QED) is 0.863. The molecule has 4 heteroatoms. The SMILES string of the molecule is CCC(C)Oc1ccc(C2(CC)NC(=O)c3ccccc3N2)cc1. The topological polar surface area (TPSA) is 50.4 Å². The molecule has 0 aliphatic carbocycles. The summed E-state index contributed by atoms with van der Waals surface area (Å²) in [6.07, 6.45) is 1.89. The van der Waals surface area contributed by atoms with Crippen LogP contribution in [0.15, 0.2) is 48.5 Å². The van der Waals surface area contributed by atoms with Crippen LogP contribution in [0.25, 0.3) is 0 Å². The molecule has 0 fully saturated rings. The molecule has 2 atom stereocenters. The Bertz CT molecular complexity index is 727. The van der Waals surface area contributed by atoms with E-state index in [-0.39, 0.29) is 12.0 Å². The van der Waals surface area contributed by atoms with Crippen molar-refractivity contribution in [1.82, 2.24) is 5.32 Å². The average molecular weight is 324 g/mol. The van der Waals surface area contributed by atoms with E-state index in [1.165, 1.54) is 0 Å². The van der Waals surface area contributed by atoms with E-state index >= 15 is 0 Å². The van der Waals surface area contributed by atoms with Gasteiger partial charge in [0.25, 0.3) is 5.91 Å². The molecule has 0 radical (unpaired) electrons. The van der Waals surface area contributed by atoms with Gasteiger partial charge in [0.2, 0.25) is 0 Å². The standard InChI is InChI=1S/C20H24N2O2/c1-4-14(3)24-16-12-10-15(11-13-16)20(5-2)21-18-9-7-6-8-17(18)19(23)22-20/h6-14,21H,4-5H2,1-3H3,(H,22,23). The van der Waals surface area contributed by atoms with Crippen molar-refractivity contribution in [3.8, 4) is 5.75 Å². The summed E-state index contributed by atoms with van der Waals surface area (Å²) in [5.74, 6) is 0.799. The van der Waals surface area contributed by atoms with Crippen LogP contribution in [0.3, 0.4) is 0 Å². The first-order chi connectivity index (χ1) is 11.6. The van der Waals surface area contributed by atoms with Gasteiger partial charge in [-0.25, -0.2) is 0 Å². The molecule has 0 spiro atoms. The predicted octanol–water partition coefficient (Wildman–Crippen LogP) is 4.28. The second-order valence-electron chi connectivity index (χ2n) is 6.24. The minimum absolute atomic E-state index is 0.0499. The number of nitrogens with one attached hydrogen (secondary N) is 2. The fourth-order valence-corrected chi connectivity index (χ4v) is 2.97. The summed E-state index contributed by atoms with van der Waals surface area (Å²) in [6.45, 7) is 6.22. The molecule has 0 bridgehead atoms. The lowest BCUT2D eigenvalue weighted by molar-refractivity contribution is 0.0896. The first-order valence-corrected chi connectivity index (χ1v) is 8.55. The van der Waals surface area contributed by atoms with Crippen LogP contribution in [0.5, 0.6) is 5.75 Å². The normalized spacial score (nSPS) is 20.5. The Balaban J connectivity index is 1.90. The van der Waals surface area contributed by atoms with E-state index in [0.717, 1.165) is 29.8 Å². The molecule has 126 valence electrons. The van der Waals surface area contributed by atoms with Crippen molar-refractivity contribution in [2.24, 2.45) is 0 Å². The number of rotatable bonds is 5. The summed E-state index contributed by atoms with van der Waals surface area (Å²) in [4.78, 5) is 12.5. The third kappa shape index (κ3) is 2.96. The van der Waals surface area contributed by atoms with Crippen molar-refractivity contribution in [3.05, 3.63) is 59.7 Å². The van der Waals surface area contributed by atoms with Crippen molar-refractivity contribution in [2.45, 2.75) is 45.4 Å². The van der Waals surface area contributed by atoms with Gasteiger partial charge in [-0.05, 0) is 49.6 Å². The molecule has 3 rings (SSSR count). The van der Waals surface area contributed by atoms with E-state index in [1.807, 2.05) is 48.5 Å². The van der Waals surface area contributed by atoms with Gasteiger partial charge < -0.3 is 15.4 Å². The van der Waals surface area contributed by atoms with Gasteiger partial charge in [-0.1, -0.05) is 38.1 Å². The first-order valence-electron chi connectivity index (χ1n) is 8.55. The van der Waals surface area contributed by atoms with Gasteiger partial charge in [0.15, 0.2) is 0 Å². The monoisotopic (exact) mass is 324 g/mol. The fourth-order valence-electron chi connectivity index (χ4n) is 2.97. The maximum Gasteiger partial charge on any atom is 0.255 e. The van der Waals surface area contributed by atoms with Crippen molar-refractivity contribution >= 4 is 11.6 Å². The Kier molecular flexibility index (Phi) is 4.47. The molecule has 0 saturated carbocycles. The van der Waals surface area contributed by atoms with E-state index in [0.29, 0.717) is 5.56 Å². The van der Waals surface area contributed by atoms with Crippen LogP contribution in [0.4, 0.5) is 5.69 Å². The summed E-state index contributed by atoms with van der Waals surface area (Å²) in [6, 6.07) is 15.6. The van der Waals surface area contributed by atoms with Crippen LogP contribution in [0.2, 0.25) is 0 Å². The molecule has 24 heavy (non-hydrogen) atoms. The van der Waals surface area contributed by atoms with Gasteiger partial charge >= 0.3 is 0 Å². The largest absolute Gasteiger partial charge is 0.491 e. The number of para-hydroxylation sites is 1. The average Bonchev–Trinajstić information content (AvgIpc) is 2.62. The van der Waals surface area contributed by atoms with Crippen LogP contribution in [-0.2, 0) is 5.66 Å². The Hall–Kier alpha value is -2.49. The zero-order valence-corrected chi connectivity index (χ0v) is 14.4. The summed E-state index contributed by atoms with van der Waals surface area (Å²) in [5.41, 5.74) is 1.96. The molecule has 2 aromatic rings. The van der Waals surface area contributed by atoms with Crippen molar-refractivity contribution < 1.29 is 9.53 Å². The van der Waals surface area contributed by atoms with E-state index in [4.69, 9.17) is 4.74 Å². The summed E-state index contributed by atoms with van der Waals surface area (Å²) < 4.78 is 5.84. The highest BCUT2D eigenvalue weighted by atomic mass is 16.5. The van der Waals surface area contributed by atoms with Crippen LogP contribution in [0, 0.1) is 0 Å². The number of carbonyl (C=O) groups is 1. The zero-order chi connectivity index (χ0) is 17.2. The molecule has 1 aliphatic heterocycles. The third-order valence-electron chi connectivity index (χ3n) is 4.64. The lowest BCUT2D eigenvalue weighted by atomic mass is 9.92. The number of fused-ring (bicyclic) bond motifs is 1. The van der Waals surface area contributed by atoms with Crippen molar-refractivity contribution in [2.75, 3.05) is 5.32 Å². The first kappa shape index (κ1) is 16.4. The van der Waals surface area contributed by atoms with Crippen LogP contribution < -0.4 is 15.4 Å². The van der Waals surface area contributed by atoms with Crippen LogP contribution in [0.1, 0.15) is 49.5 Å². The van der Waals surface area contributed by atoms with Gasteiger partial charge in [0.05, 0.1) is 11.7 Å². The lowest BCUT2D eigenvalue weighted by Crippen LogP contribution is -2.54. The van der Waals surface area contributed by atoms with Crippen LogP contribution in [-0.4, -0.2) is 12.0 Å². The van der Waals surface area contributed by atoms with E-state index in [9.17, 15) is 4.79 Å². The Morgan fingerprint density at radius 3 is 2.42 bits per heavy atom. The Labute approximate surface area is 143 Å². The van der Waals surface area contributed by atoms with Gasteiger partial charge in [-0.15, -0.1) is 0 Å². The third-order valence-corrected chi connectivity index (χ3v) is 4.64. The molecular formula is C20H24N2O2. The van der Waals surface area contributed by atoms with Crippen molar-refractivity contribution in [1.29, 1.82) is 0 Å². The summed E-state index contributed by atoms with van der Waals surface area (Å²) in [5, 5.41) is 6.64. The zero-order valence-electron chi connectivity index (χ0n) is 14.4. The number of hydrogen-bond acceptors (Lipinski definition) is 3. The second-order valence-corrected chi connectivity index (χ2v) is 6.24. The number of carbonyl (C=O) groups excluding carboxylic acids is 1. The smallest absolute Gasteiger partial charge is 0.255 e. The molecule has 1 aliphatic rings. The molecule has 1 heterocycles. The van der Waals surface area contributed by atoms with E-state index < -0.39 is 5.66 Å². The maximum absolute atomic E-state index is 12.5. The minimum Gasteiger partial charge on any atom is -0.491 e. The van der Waals surface area contributed by atoms with Gasteiger partial charge in [0.1, 0.15) is 11.4 Å². The lowest BCUT2D eigenvalue weighted by Gasteiger charge is -2.40. The maximum atomic E-state index is 12.5. The predicted molar refractivity (Wildman–Crippen MR) is 96.3 cm³/mol. The molecular weight excluding hydrogens is 300 g/mol. The Morgan fingerprint density at radius 1 is 1.04 bits per heavy atom. The van der Waals surface area contributed by atoms with E-state index in [2.05, 4.69) is 31.4 Å². The van der Waals surface area contributed by atoms with Gasteiger partial charge in [-0.3, -0.25) is 4.79 Å². The fraction of sp³-hybridized carbons (Fsp3) is 0.350. The Morgan fingerprint density at radius 2 is 1.75 bits per heavy atom. The highest BCUT2D eigenvalue weighted by molar-refractivity contribution is 6.02. The summed E-state index contributed by atoms with van der Waals surface area (Å²) in [7, 11) is 0. The number of hydrogen-bond donors (Lipinski definition) is 2. The molecule has 2 unspecified atom stereocenters. The molecule has 2 N–H and O–H groups in total. The molecule has 1 amide bonds. The summed E-state index contributed by atoms with van der Waals surface area (Å²) >= 11 is 0. The minimum atomic E-state index is -0.597. The van der Waals surface area contributed by atoms with Gasteiger partial charge in [0, 0.05) is 5.69 Å². The molecule has 0 saturated heterocycles. The number of ether oxygens (including phenoxy) is 1. The number of amides is 1. The molecule has 4 nitrogen and oxygen atoms in total. The highest BCUT2D eigenvalue weighted by Gasteiger charge is 2.37. The molecule has 2 aromatic carbocycles. The number of benzene rings is 2. The second kappa shape index (κ2) is 6.56.